The molecule has 1 aliphatic heterocycles. The van der Waals surface area contributed by atoms with Gasteiger partial charge in [0.2, 0.25) is 0 Å². The summed E-state index contributed by atoms with van der Waals surface area (Å²) in [6, 6.07) is 0. The van der Waals surface area contributed by atoms with Crippen LogP contribution in [0, 0.1) is 5.41 Å². The molecule has 1 saturated carbocycles. The molecule has 0 unspecified atom stereocenters. The maximum Gasteiger partial charge on any atom is 0.0190 e. The van der Waals surface area contributed by atoms with Crippen LogP contribution in [0.4, 0.5) is 0 Å². The highest BCUT2D eigenvalue weighted by Gasteiger charge is 2.34. The van der Waals surface area contributed by atoms with Crippen molar-refractivity contribution >= 4 is 0 Å². The molecular formula is C10H18N. The summed E-state index contributed by atoms with van der Waals surface area (Å²) in [7, 11) is 0. The second-order valence-electron chi connectivity index (χ2n) is 4.27. The summed E-state index contributed by atoms with van der Waals surface area (Å²) in [6.45, 7) is 2.34. The molecule has 1 heterocycles. The van der Waals surface area contributed by atoms with Crippen LogP contribution in [-0.4, -0.2) is 13.1 Å². The molecule has 1 spiro atoms. The van der Waals surface area contributed by atoms with Crippen LogP contribution >= 0.6 is 0 Å². The molecule has 0 aromatic heterocycles. The maximum atomic E-state index is 4.50. The van der Waals surface area contributed by atoms with E-state index in [-0.39, 0.29) is 0 Å². The molecule has 0 amide bonds. The number of hydrogen-bond donors (Lipinski definition) is 0. The Morgan fingerprint density at radius 3 is 2.09 bits per heavy atom. The zero-order valence-corrected chi connectivity index (χ0v) is 7.31. The van der Waals surface area contributed by atoms with Crippen LogP contribution in [0.5, 0.6) is 0 Å². The van der Waals surface area contributed by atoms with Gasteiger partial charge in [0.25, 0.3) is 0 Å². The van der Waals surface area contributed by atoms with Gasteiger partial charge in [0, 0.05) is 13.1 Å². The third-order valence-electron chi connectivity index (χ3n) is 3.41. The molecule has 11 heavy (non-hydrogen) atoms. The van der Waals surface area contributed by atoms with Crippen molar-refractivity contribution in [3.8, 4) is 0 Å². The van der Waals surface area contributed by atoms with E-state index < -0.39 is 0 Å². The van der Waals surface area contributed by atoms with E-state index in [2.05, 4.69) is 5.32 Å². The number of rotatable bonds is 0. The normalized spacial score (nSPS) is 30.5. The molecule has 1 nitrogen and oxygen atoms in total. The van der Waals surface area contributed by atoms with Crippen LogP contribution in [0.15, 0.2) is 0 Å². The van der Waals surface area contributed by atoms with E-state index in [1.165, 1.54) is 51.5 Å². The van der Waals surface area contributed by atoms with Crippen molar-refractivity contribution in [2.75, 3.05) is 13.1 Å². The molecule has 1 radical (unpaired) electrons. The predicted octanol–water partition coefficient (Wildman–Crippen LogP) is 2.34. The van der Waals surface area contributed by atoms with Gasteiger partial charge in [0.1, 0.15) is 0 Å². The van der Waals surface area contributed by atoms with E-state index in [4.69, 9.17) is 0 Å². The summed E-state index contributed by atoms with van der Waals surface area (Å²) in [6.07, 6.45) is 10.2. The highest BCUT2D eigenvalue weighted by Crippen LogP contribution is 2.39. The Morgan fingerprint density at radius 1 is 0.818 bits per heavy atom. The lowest BCUT2D eigenvalue weighted by atomic mass is 9.80. The first-order valence-corrected chi connectivity index (χ1v) is 5.05. The molecule has 0 aromatic carbocycles. The minimum absolute atomic E-state index is 0.691. The molecule has 0 atom stereocenters. The van der Waals surface area contributed by atoms with E-state index in [0.717, 1.165) is 6.54 Å². The zero-order valence-electron chi connectivity index (χ0n) is 7.31. The molecule has 0 N–H and O–H groups in total. The van der Waals surface area contributed by atoms with Crippen molar-refractivity contribution in [1.82, 2.24) is 5.32 Å². The van der Waals surface area contributed by atoms with Crippen LogP contribution in [0.3, 0.4) is 0 Å². The van der Waals surface area contributed by atoms with E-state index >= 15 is 0 Å². The molecule has 2 rings (SSSR count). The quantitative estimate of drug-likeness (QED) is 0.506. The monoisotopic (exact) mass is 152 g/mol. The first kappa shape index (κ1) is 7.60. The highest BCUT2D eigenvalue weighted by atomic mass is 14.9. The van der Waals surface area contributed by atoms with Crippen LogP contribution in [0.1, 0.15) is 44.9 Å². The Morgan fingerprint density at radius 2 is 1.55 bits per heavy atom. The lowest BCUT2D eigenvalue weighted by Gasteiger charge is -2.25. The van der Waals surface area contributed by atoms with Crippen molar-refractivity contribution in [3.05, 3.63) is 0 Å². The van der Waals surface area contributed by atoms with Gasteiger partial charge in [0.15, 0.2) is 0 Å². The summed E-state index contributed by atoms with van der Waals surface area (Å²) >= 11 is 0. The van der Waals surface area contributed by atoms with Crippen molar-refractivity contribution in [3.63, 3.8) is 0 Å². The Labute approximate surface area is 69.6 Å². The van der Waals surface area contributed by atoms with Crippen molar-refractivity contribution in [2.45, 2.75) is 44.9 Å². The van der Waals surface area contributed by atoms with Crippen molar-refractivity contribution in [2.24, 2.45) is 5.41 Å². The van der Waals surface area contributed by atoms with E-state index in [1.54, 1.807) is 0 Å². The average Bonchev–Trinajstić information content (AvgIpc) is 2.32. The van der Waals surface area contributed by atoms with Crippen molar-refractivity contribution < 1.29 is 0 Å². The number of nitrogens with zero attached hydrogens (tertiary/aromatic N) is 1. The standard InChI is InChI=1S/C10H18N/c1-2-4-6-10(5-3-1)7-8-11-9-10/h1-9H2. The Hall–Kier alpha value is -0.0400. The second-order valence-corrected chi connectivity index (χ2v) is 4.27. The molecule has 1 aliphatic carbocycles. The molecular weight excluding hydrogens is 134 g/mol. The number of hydrogen-bond acceptors (Lipinski definition) is 0. The molecule has 1 saturated heterocycles. The van der Waals surface area contributed by atoms with E-state index in [1.807, 2.05) is 0 Å². The Balaban J connectivity index is 1.97. The second kappa shape index (κ2) is 3.14. The van der Waals surface area contributed by atoms with Gasteiger partial charge in [-0.1, -0.05) is 25.7 Å². The fourth-order valence-corrected chi connectivity index (χ4v) is 2.60. The fraction of sp³-hybridized carbons (Fsp3) is 1.00. The summed E-state index contributed by atoms with van der Waals surface area (Å²) in [5, 5.41) is 4.50. The van der Waals surface area contributed by atoms with E-state index in [0.29, 0.717) is 5.41 Å². The van der Waals surface area contributed by atoms with Gasteiger partial charge in [-0.2, -0.15) is 0 Å². The third kappa shape index (κ3) is 1.58. The summed E-state index contributed by atoms with van der Waals surface area (Å²) in [5.41, 5.74) is 0.691. The van der Waals surface area contributed by atoms with Gasteiger partial charge in [0.05, 0.1) is 0 Å². The van der Waals surface area contributed by atoms with Gasteiger partial charge >= 0.3 is 0 Å². The van der Waals surface area contributed by atoms with Gasteiger partial charge < -0.3 is 0 Å². The van der Waals surface area contributed by atoms with Crippen molar-refractivity contribution in [1.29, 1.82) is 0 Å². The lowest BCUT2D eigenvalue weighted by Crippen LogP contribution is -2.20. The molecule has 0 aromatic rings. The minimum Gasteiger partial charge on any atom is -0.241 e. The smallest absolute Gasteiger partial charge is 0.0190 e. The SMILES string of the molecule is C1CCCC2(CC1)CC[N]C2. The first-order valence-electron chi connectivity index (χ1n) is 5.05. The largest absolute Gasteiger partial charge is 0.241 e. The first-order chi connectivity index (χ1) is 5.41. The molecule has 63 valence electrons. The lowest BCUT2D eigenvalue weighted by molar-refractivity contribution is 0.276. The maximum absolute atomic E-state index is 4.50. The van der Waals surface area contributed by atoms with E-state index in [9.17, 15) is 0 Å². The molecule has 2 fully saturated rings. The summed E-state index contributed by atoms with van der Waals surface area (Å²) < 4.78 is 0. The van der Waals surface area contributed by atoms with Gasteiger partial charge in [-0.25, -0.2) is 5.32 Å². The van der Waals surface area contributed by atoms with Gasteiger partial charge in [-0.15, -0.1) is 0 Å². The van der Waals surface area contributed by atoms with Crippen LogP contribution in [0.25, 0.3) is 0 Å². The summed E-state index contributed by atoms with van der Waals surface area (Å²) in [4.78, 5) is 0. The fourth-order valence-electron chi connectivity index (χ4n) is 2.60. The predicted molar refractivity (Wildman–Crippen MR) is 46.6 cm³/mol. The third-order valence-corrected chi connectivity index (χ3v) is 3.41. The Kier molecular flexibility index (Phi) is 2.17. The van der Waals surface area contributed by atoms with Gasteiger partial charge in [-0.3, -0.25) is 0 Å². The average molecular weight is 152 g/mol. The molecule has 2 aliphatic rings. The minimum atomic E-state index is 0.691. The Bertz CT molecular complexity index is 115. The molecule has 1 heteroatoms. The van der Waals surface area contributed by atoms with Gasteiger partial charge in [-0.05, 0) is 24.7 Å². The topological polar surface area (TPSA) is 14.1 Å². The molecule has 0 bridgehead atoms. The van der Waals surface area contributed by atoms with Crippen LogP contribution < -0.4 is 5.32 Å². The van der Waals surface area contributed by atoms with Crippen LogP contribution in [0.2, 0.25) is 0 Å². The summed E-state index contributed by atoms with van der Waals surface area (Å²) in [5.74, 6) is 0. The highest BCUT2D eigenvalue weighted by molar-refractivity contribution is 4.88. The van der Waals surface area contributed by atoms with Crippen LogP contribution in [-0.2, 0) is 0 Å². The zero-order chi connectivity index (χ0) is 7.57.